The number of carboxylic acid groups (broad SMARTS) is 1. The van der Waals surface area contributed by atoms with Crippen LogP contribution in [0.5, 0.6) is 0 Å². The minimum absolute atomic E-state index is 0.108. The molecule has 4 nitrogen and oxygen atoms in total. The number of aromatic nitrogens is 1. The largest absolute Gasteiger partial charge is 0.478 e. The molecule has 15 heavy (non-hydrogen) atoms. The molecule has 1 aliphatic carbocycles. The van der Waals surface area contributed by atoms with Gasteiger partial charge in [-0.2, -0.15) is 0 Å². The lowest BCUT2D eigenvalue weighted by Gasteiger charge is -2.14. The highest BCUT2D eigenvalue weighted by Gasteiger charge is 2.29. The first kappa shape index (κ1) is 9.96. The van der Waals surface area contributed by atoms with Crippen LogP contribution in [0, 0.1) is 5.92 Å². The average molecular weight is 207 g/mol. The van der Waals surface area contributed by atoms with E-state index in [0.717, 1.165) is 12.8 Å². The lowest BCUT2D eigenvalue weighted by Crippen LogP contribution is -2.24. The third-order valence-electron chi connectivity index (χ3n) is 2.93. The van der Waals surface area contributed by atoms with Crippen molar-refractivity contribution in [2.24, 2.45) is 5.92 Å². The van der Waals surface area contributed by atoms with Crippen molar-refractivity contribution in [2.75, 3.05) is 0 Å². The van der Waals surface area contributed by atoms with E-state index in [-0.39, 0.29) is 17.2 Å². The second-order valence-electron chi connectivity index (χ2n) is 4.05. The Bertz CT molecular complexity index is 445. The van der Waals surface area contributed by atoms with Crippen LogP contribution in [-0.4, -0.2) is 15.6 Å². The van der Waals surface area contributed by atoms with E-state index >= 15 is 0 Å². The summed E-state index contributed by atoms with van der Waals surface area (Å²) in [4.78, 5) is 22.3. The highest BCUT2D eigenvalue weighted by Crippen LogP contribution is 2.38. The van der Waals surface area contributed by atoms with Crippen LogP contribution >= 0.6 is 0 Å². The molecular formula is C11H13NO3. The van der Waals surface area contributed by atoms with Gasteiger partial charge in [0.1, 0.15) is 0 Å². The monoisotopic (exact) mass is 207 g/mol. The second-order valence-corrected chi connectivity index (χ2v) is 4.05. The van der Waals surface area contributed by atoms with Gasteiger partial charge in [-0.3, -0.25) is 4.79 Å². The molecule has 1 N–H and O–H groups in total. The van der Waals surface area contributed by atoms with Crippen LogP contribution in [0.2, 0.25) is 0 Å². The summed E-state index contributed by atoms with van der Waals surface area (Å²) in [6.45, 7) is 1.96. The molecular weight excluding hydrogens is 194 g/mol. The van der Waals surface area contributed by atoms with E-state index in [1.807, 2.05) is 6.92 Å². The third-order valence-corrected chi connectivity index (χ3v) is 2.93. The van der Waals surface area contributed by atoms with Crippen molar-refractivity contribution in [3.8, 4) is 0 Å². The van der Waals surface area contributed by atoms with Gasteiger partial charge in [-0.15, -0.1) is 0 Å². The minimum Gasteiger partial charge on any atom is -0.478 e. The maximum atomic E-state index is 11.5. The molecule has 1 aromatic rings. The molecule has 0 aromatic carbocycles. The number of pyridine rings is 1. The van der Waals surface area contributed by atoms with Crippen molar-refractivity contribution >= 4 is 5.97 Å². The molecule has 1 aliphatic rings. The Hall–Kier alpha value is -1.58. The number of rotatable bonds is 3. The second kappa shape index (κ2) is 3.53. The zero-order valence-electron chi connectivity index (χ0n) is 8.51. The van der Waals surface area contributed by atoms with Gasteiger partial charge in [-0.1, -0.05) is 0 Å². The van der Waals surface area contributed by atoms with Crippen LogP contribution in [0.3, 0.4) is 0 Å². The zero-order chi connectivity index (χ0) is 11.0. The molecule has 1 unspecified atom stereocenters. The summed E-state index contributed by atoms with van der Waals surface area (Å²) in [6.07, 6.45) is 3.70. The lowest BCUT2D eigenvalue weighted by atomic mass is 10.2. The Morgan fingerprint density at radius 1 is 1.53 bits per heavy atom. The van der Waals surface area contributed by atoms with Gasteiger partial charge in [0.2, 0.25) is 0 Å². The normalized spacial score (nSPS) is 17.4. The molecule has 0 amide bonds. The van der Waals surface area contributed by atoms with Gasteiger partial charge >= 0.3 is 5.97 Å². The fourth-order valence-electron chi connectivity index (χ4n) is 1.75. The predicted molar refractivity (Wildman–Crippen MR) is 55.1 cm³/mol. The Balaban J connectivity index is 2.39. The molecule has 0 bridgehead atoms. The van der Waals surface area contributed by atoms with E-state index in [9.17, 15) is 9.59 Å². The first-order valence-corrected chi connectivity index (χ1v) is 5.05. The quantitative estimate of drug-likeness (QED) is 0.817. The number of hydrogen-bond acceptors (Lipinski definition) is 2. The number of hydrogen-bond donors (Lipinski definition) is 1. The molecule has 1 saturated carbocycles. The number of aromatic carboxylic acids is 1. The van der Waals surface area contributed by atoms with E-state index in [0.29, 0.717) is 5.92 Å². The van der Waals surface area contributed by atoms with Crippen molar-refractivity contribution in [1.29, 1.82) is 0 Å². The van der Waals surface area contributed by atoms with Gasteiger partial charge in [0.15, 0.2) is 0 Å². The Labute approximate surface area is 87.2 Å². The smallest absolute Gasteiger partial charge is 0.337 e. The standard InChI is InChI=1S/C11H13NO3/c1-7(8-2-3-8)12-6-9(11(14)15)4-5-10(12)13/h4-8H,2-3H2,1H3,(H,14,15). The molecule has 2 rings (SSSR count). The van der Waals surface area contributed by atoms with E-state index < -0.39 is 5.97 Å². The number of nitrogens with zero attached hydrogens (tertiary/aromatic N) is 1. The molecule has 80 valence electrons. The summed E-state index contributed by atoms with van der Waals surface area (Å²) >= 11 is 0. The molecule has 0 saturated heterocycles. The average Bonchev–Trinajstić information content (AvgIpc) is 3.00. The van der Waals surface area contributed by atoms with Crippen molar-refractivity contribution in [3.05, 3.63) is 34.2 Å². The van der Waals surface area contributed by atoms with Crippen LogP contribution in [-0.2, 0) is 0 Å². The fraction of sp³-hybridized carbons (Fsp3) is 0.455. The molecule has 1 aromatic heterocycles. The lowest BCUT2D eigenvalue weighted by molar-refractivity contribution is 0.0695. The van der Waals surface area contributed by atoms with Crippen molar-refractivity contribution in [3.63, 3.8) is 0 Å². The van der Waals surface area contributed by atoms with Crippen molar-refractivity contribution in [2.45, 2.75) is 25.8 Å². The van der Waals surface area contributed by atoms with Gasteiger partial charge in [0.25, 0.3) is 5.56 Å². The van der Waals surface area contributed by atoms with Gasteiger partial charge in [-0.25, -0.2) is 4.79 Å². The maximum Gasteiger partial charge on any atom is 0.337 e. The Kier molecular flexibility index (Phi) is 2.34. The Morgan fingerprint density at radius 3 is 2.73 bits per heavy atom. The van der Waals surface area contributed by atoms with Gasteiger partial charge in [-0.05, 0) is 31.7 Å². The van der Waals surface area contributed by atoms with Crippen LogP contribution in [0.4, 0.5) is 0 Å². The third kappa shape index (κ3) is 1.93. The summed E-state index contributed by atoms with van der Waals surface area (Å²) in [7, 11) is 0. The summed E-state index contributed by atoms with van der Waals surface area (Å²) in [5, 5.41) is 8.82. The van der Waals surface area contributed by atoms with Gasteiger partial charge in [0, 0.05) is 18.3 Å². The zero-order valence-corrected chi connectivity index (χ0v) is 8.51. The summed E-state index contributed by atoms with van der Waals surface area (Å²) < 4.78 is 1.53. The van der Waals surface area contributed by atoms with E-state index in [2.05, 4.69) is 0 Å². The first-order chi connectivity index (χ1) is 7.09. The fourth-order valence-corrected chi connectivity index (χ4v) is 1.75. The van der Waals surface area contributed by atoms with E-state index in [4.69, 9.17) is 5.11 Å². The Morgan fingerprint density at radius 2 is 2.20 bits per heavy atom. The maximum absolute atomic E-state index is 11.5. The highest BCUT2D eigenvalue weighted by molar-refractivity contribution is 5.87. The topological polar surface area (TPSA) is 59.3 Å². The molecule has 0 spiro atoms. The molecule has 1 fully saturated rings. The molecule has 0 radical (unpaired) electrons. The molecule has 0 aliphatic heterocycles. The van der Waals surface area contributed by atoms with Crippen molar-refractivity contribution < 1.29 is 9.90 Å². The molecule has 1 atom stereocenters. The number of carboxylic acids is 1. The summed E-state index contributed by atoms with van der Waals surface area (Å²) in [5.74, 6) is -0.460. The number of carbonyl (C=O) groups is 1. The van der Waals surface area contributed by atoms with Crippen LogP contribution in [0.25, 0.3) is 0 Å². The summed E-state index contributed by atoms with van der Waals surface area (Å²) in [5.41, 5.74) is 0.0431. The van der Waals surface area contributed by atoms with Crippen LogP contribution in [0.1, 0.15) is 36.2 Å². The van der Waals surface area contributed by atoms with E-state index in [1.165, 1.54) is 22.9 Å². The van der Waals surface area contributed by atoms with Crippen molar-refractivity contribution in [1.82, 2.24) is 4.57 Å². The van der Waals surface area contributed by atoms with Crippen LogP contribution in [0.15, 0.2) is 23.1 Å². The first-order valence-electron chi connectivity index (χ1n) is 5.05. The van der Waals surface area contributed by atoms with Gasteiger partial charge < -0.3 is 9.67 Å². The summed E-state index contributed by atoms with van der Waals surface area (Å²) in [6, 6.07) is 2.78. The molecule has 4 heteroatoms. The molecule has 1 heterocycles. The van der Waals surface area contributed by atoms with Gasteiger partial charge in [0.05, 0.1) is 5.56 Å². The minimum atomic E-state index is -0.994. The van der Waals surface area contributed by atoms with E-state index in [1.54, 1.807) is 0 Å². The predicted octanol–water partition coefficient (Wildman–Crippen LogP) is 1.52. The van der Waals surface area contributed by atoms with Crippen LogP contribution < -0.4 is 5.56 Å². The highest BCUT2D eigenvalue weighted by atomic mass is 16.4. The SMILES string of the molecule is CC(C1CC1)n1cc(C(=O)O)ccc1=O.